The Hall–Kier alpha value is -1.58. The summed E-state index contributed by atoms with van der Waals surface area (Å²) in [7, 11) is 3.02. The summed E-state index contributed by atoms with van der Waals surface area (Å²) in [6.07, 6.45) is 5.08. The summed E-state index contributed by atoms with van der Waals surface area (Å²) in [4.78, 5) is 13.1. The summed E-state index contributed by atoms with van der Waals surface area (Å²) in [6, 6.07) is -0.360. The first-order chi connectivity index (χ1) is 7.99. The number of terminal acetylenes is 1. The largest absolute Gasteiger partial charge is 0.356 e. The molecule has 2 amide bonds. The van der Waals surface area contributed by atoms with Gasteiger partial charge < -0.3 is 14.4 Å². The van der Waals surface area contributed by atoms with Crippen molar-refractivity contribution in [2.24, 2.45) is 0 Å². The van der Waals surface area contributed by atoms with Crippen LogP contribution in [0.25, 0.3) is 0 Å². The minimum Gasteiger partial charge on any atom is -0.356 e. The van der Waals surface area contributed by atoms with Gasteiger partial charge in [0.2, 0.25) is 0 Å². The normalized spacial score (nSPS) is 24.1. The zero-order valence-corrected chi connectivity index (χ0v) is 10.2. The molecule has 0 bridgehead atoms. The fourth-order valence-electron chi connectivity index (χ4n) is 1.81. The zero-order chi connectivity index (χ0) is 13.1. The second-order valence-electron chi connectivity index (χ2n) is 3.97. The molecule has 1 rings (SSSR count). The van der Waals surface area contributed by atoms with E-state index in [1.54, 1.807) is 6.92 Å². The summed E-state index contributed by atoms with van der Waals surface area (Å²) < 4.78 is 10.2. The molecule has 1 atom stereocenters. The number of urea groups is 1. The van der Waals surface area contributed by atoms with Crippen molar-refractivity contribution in [3.8, 4) is 12.3 Å². The molecule has 0 aromatic rings. The molecular weight excluding hydrogens is 222 g/mol. The van der Waals surface area contributed by atoms with Gasteiger partial charge in [-0.05, 0) is 6.92 Å². The predicted molar refractivity (Wildman–Crippen MR) is 62.6 cm³/mol. The molecule has 6 heteroatoms. The third-order valence-electron chi connectivity index (χ3n) is 2.95. The van der Waals surface area contributed by atoms with Gasteiger partial charge in [-0.25, -0.2) is 4.79 Å². The molecule has 0 aromatic heterocycles. The monoisotopic (exact) mass is 239 g/mol. The van der Waals surface area contributed by atoms with Gasteiger partial charge >= 0.3 is 6.03 Å². The van der Waals surface area contributed by atoms with E-state index in [4.69, 9.17) is 21.3 Å². The van der Waals surface area contributed by atoms with Gasteiger partial charge in [0.1, 0.15) is 11.4 Å². The number of ether oxygens (including phenoxy) is 2. The Bertz CT molecular complexity index is 359. The molecule has 1 heterocycles. The number of amides is 2. The molecule has 0 aromatic carbocycles. The van der Waals surface area contributed by atoms with Crippen molar-refractivity contribution in [1.29, 1.82) is 5.41 Å². The predicted octanol–water partition coefficient (Wildman–Crippen LogP) is 0.390. The second-order valence-corrected chi connectivity index (χ2v) is 3.97. The minimum absolute atomic E-state index is 0.108. The van der Waals surface area contributed by atoms with Crippen LogP contribution in [0, 0.1) is 17.8 Å². The van der Waals surface area contributed by atoms with Crippen LogP contribution in [-0.4, -0.2) is 49.4 Å². The lowest BCUT2D eigenvalue weighted by atomic mass is 9.95. The summed E-state index contributed by atoms with van der Waals surface area (Å²) in [5, 5.41) is 10.3. The van der Waals surface area contributed by atoms with Crippen LogP contribution in [0.3, 0.4) is 0 Å². The summed E-state index contributed by atoms with van der Waals surface area (Å²) >= 11 is 0. The number of nitrogens with one attached hydrogen (secondary N) is 2. The van der Waals surface area contributed by atoms with Gasteiger partial charge in [0.25, 0.3) is 0 Å². The van der Waals surface area contributed by atoms with Crippen molar-refractivity contribution in [2.75, 3.05) is 20.8 Å². The molecular formula is C11H17N3O3. The fourth-order valence-corrected chi connectivity index (χ4v) is 1.81. The highest BCUT2D eigenvalue weighted by Gasteiger charge is 2.47. The SMILES string of the molecule is C#CCN1C(=O)NC(=N)C1(C)CC(OC)OC. The maximum atomic E-state index is 11.6. The number of hydrogen-bond donors (Lipinski definition) is 2. The van der Waals surface area contributed by atoms with Crippen LogP contribution < -0.4 is 5.32 Å². The molecule has 0 saturated carbocycles. The Morgan fingerprint density at radius 3 is 2.65 bits per heavy atom. The average Bonchev–Trinajstić information content (AvgIpc) is 2.51. The third kappa shape index (κ3) is 2.40. The highest BCUT2D eigenvalue weighted by molar-refractivity contribution is 6.08. The molecule has 0 aliphatic carbocycles. The maximum Gasteiger partial charge on any atom is 0.324 e. The lowest BCUT2D eigenvalue weighted by Crippen LogP contribution is -2.49. The van der Waals surface area contributed by atoms with E-state index in [9.17, 15) is 4.79 Å². The van der Waals surface area contributed by atoms with Crippen LogP contribution in [-0.2, 0) is 9.47 Å². The van der Waals surface area contributed by atoms with Gasteiger partial charge in [0, 0.05) is 20.6 Å². The molecule has 0 radical (unpaired) electrons. The summed E-state index contributed by atoms with van der Waals surface area (Å²) in [6.45, 7) is 1.90. The molecule has 17 heavy (non-hydrogen) atoms. The topological polar surface area (TPSA) is 74.7 Å². The molecule has 94 valence electrons. The summed E-state index contributed by atoms with van der Waals surface area (Å²) in [5.41, 5.74) is -0.819. The minimum atomic E-state index is -0.819. The molecule has 6 nitrogen and oxygen atoms in total. The fraction of sp³-hybridized carbons (Fsp3) is 0.636. The molecule has 1 unspecified atom stereocenters. The van der Waals surface area contributed by atoms with Crippen LogP contribution in [0.1, 0.15) is 13.3 Å². The van der Waals surface area contributed by atoms with Gasteiger partial charge in [-0.3, -0.25) is 10.7 Å². The lowest BCUT2D eigenvalue weighted by Gasteiger charge is -2.34. The quantitative estimate of drug-likeness (QED) is 0.538. The van der Waals surface area contributed by atoms with E-state index in [0.717, 1.165) is 0 Å². The van der Waals surface area contributed by atoms with E-state index in [0.29, 0.717) is 6.42 Å². The van der Waals surface area contributed by atoms with Crippen LogP contribution in [0.5, 0.6) is 0 Å². The number of carbonyl (C=O) groups excluding carboxylic acids is 1. The van der Waals surface area contributed by atoms with E-state index in [1.807, 2.05) is 0 Å². The van der Waals surface area contributed by atoms with E-state index < -0.39 is 11.8 Å². The number of methoxy groups -OCH3 is 2. The van der Waals surface area contributed by atoms with Gasteiger partial charge in [-0.1, -0.05) is 5.92 Å². The Balaban J connectivity index is 2.93. The van der Waals surface area contributed by atoms with Crippen molar-refractivity contribution in [2.45, 2.75) is 25.2 Å². The number of carbonyl (C=O) groups is 1. The standard InChI is InChI=1S/C11H17N3O3/c1-5-6-14-10(15)13-9(12)11(14,2)7-8(16-3)17-4/h1,8H,6-7H2,2-4H3,(H2,12,13,15). The summed E-state index contributed by atoms with van der Waals surface area (Å²) in [5.74, 6) is 2.52. The van der Waals surface area contributed by atoms with E-state index in [2.05, 4.69) is 11.2 Å². The molecule has 1 aliphatic heterocycles. The Labute approximate surface area is 101 Å². The van der Waals surface area contributed by atoms with Crippen molar-refractivity contribution < 1.29 is 14.3 Å². The number of rotatable bonds is 5. The molecule has 1 saturated heterocycles. The van der Waals surface area contributed by atoms with Crippen LogP contribution in [0.15, 0.2) is 0 Å². The third-order valence-corrected chi connectivity index (χ3v) is 2.95. The van der Waals surface area contributed by atoms with Gasteiger partial charge in [-0.2, -0.15) is 0 Å². The first-order valence-electron chi connectivity index (χ1n) is 5.16. The lowest BCUT2D eigenvalue weighted by molar-refractivity contribution is -0.117. The smallest absolute Gasteiger partial charge is 0.324 e. The molecule has 1 aliphatic rings. The zero-order valence-electron chi connectivity index (χ0n) is 10.2. The average molecular weight is 239 g/mol. The van der Waals surface area contributed by atoms with E-state index >= 15 is 0 Å². The van der Waals surface area contributed by atoms with E-state index in [-0.39, 0.29) is 18.4 Å². The van der Waals surface area contributed by atoms with Crippen LogP contribution >= 0.6 is 0 Å². The van der Waals surface area contributed by atoms with Gasteiger partial charge in [-0.15, -0.1) is 6.42 Å². The van der Waals surface area contributed by atoms with Crippen molar-refractivity contribution >= 4 is 11.9 Å². The molecule has 2 N–H and O–H groups in total. The first kappa shape index (κ1) is 13.5. The maximum absolute atomic E-state index is 11.6. The Morgan fingerprint density at radius 1 is 1.59 bits per heavy atom. The number of nitrogens with zero attached hydrogens (tertiary/aromatic N) is 1. The number of amidine groups is 1. The van der Waals surface area contributed by atoms with Crippen LogP contribution in [0.4, 0.5) is 4.79 Å². The van der Waals surface area contributed by atoms with Crippen molar-refractivity contribution in [3.05, 3.63) is 0 Å². The van der Waals surface area contributed by atoms with Crippen molar-refractivity contribution in [1.82, 2.24) is 10.2 Å². The van der Waals surface area contributed by atoms with Gasteiger partial charge in [0.15, 0.2) is 6.29 Å². The Morgan fingerprint density at radius 2 is 2.18 bits per heavy atom. The van der Waals surface area contributed by atoms with Crippen molar-refractivity contribution in [3.63, 3.8) is 0 Å². The molecule has 0 spiro atoms. The highest BCUT2D eigenvalue weighted by atomic mass is 16.7. The molecule has 1 fully saturated rings. The van der Waals surface area contributed by atoms with Crippen LogP contribution in [0.2, 0.25) is 0 Å². The Kier molecular flexibility index (Phi) is 4.10. The first-order valence-corrected chi connectivity index (χ1v) is 5.16. The number of hydrogen-bond acceptors (Lipinski definition) is 4. The second kappa shape index (κ2) is 5.17. The van der Waals surface area contributed by atoms with Gasteiger partial charge in [0.05, 0.1) is 6.54 Å². The van der Waals surface area contributed by atoms with E-state index in [1.165, 1.54) is 19.1 Å². The highest BCUT2D eigenvalue weighted by Crippen LogP contribution is 2.27.